The third kappa shape index (κ3) is 3.86. The highest BCUT2D eigenvalue weighted by molar-refractivity contribution is 5.24. The first-order valence-corrected chi connectivity index (χ1v) is 6.86. The molecule has 0 aliphatic heterocycles. The minimum Gasteiger partial charge on any atom is -0.384 e. The molecule has 4 heteroatoms. The highest BCUT2D eigenvalue weighted by atomic mass is 19.1. The fraction of sp³-hybridized carbons (Fsp3) is 0.294. The van der Waals surface area contributed by atoms with E-state index in [2.05, 4.69) is 5.32 Å². The molecule has 2 N–H and O–H groups in total. The molecule has 0 amide bonds. The van der Waals surface area contributed by atoms with Crippen LogP contribution in [-0.2, 0) is 5.60 Å². The summed E-state index contributed by atoms with van der Waals surface area (Å²) in [6.45, 7) is 3.70. The van der Waals surface area contributed by atoms with E-state index < -0.39 is 5.60 Å². The predicted molar refractivity (Wildman–Crippen MR) is 78.8 cm³/mol. The van der Waals surface area contributed by atoms with Crippen LogP contribution in [0.1, 0.15) is 31.0 Å². The van der Waals surface area contributed by atoms with Crippen molar-refractivity contribution >= 4 is 0 Å². The van der Waals surface area contributed by atoms with Crippen molar-refractivity contribution in [1.29, 1.82) is 0 Å². The molecule has 112 valence electrons. The van der Waals surface area contributed by atoms with Crippen LogP contribution < -0.4 is 5.32 Å². The van der Waals surface area contributed by atoms with Crippen molar-refractivity contribution in [3.05, 3.63) is 71.3 Å². The third-order valence-electron chi connectivity index (χ3n) is 3.59. The summed E-state index contributed by atoms with van der Waals surface area (Å²) in [6.07, 6.45) is 0. The Bertz CT molecular complexity index is 596. The van der Waals surface area contributed by atoms with Crippen molar-refractivity contribution in [2.75, 3.05) is 6.54 Å². The number of benzene rings is 2. The van der Waals surface area contributed by atoms with Crippen molar-refractivity contribution < 1.29 is 13.9 Å². The Morgan fingerprint density at radius 3 is 2.33 bits per heavy atom. The lowest BCUT2D eigenvalue weighted by Crippen LogP contribution is -2.36. The minimum atomic E-state index is -1.16. The Morgan fingerprint density at radius 2 is 1.71 bits per heavy atom. The van der Waals surface area contributed by atoms with Crippen molar-refractivity contribution in [2.45, 2.75) is 25.5 Å². The lowest BCUT2D eigenvalue weighted by atomic mass is 9.95. The van der Waals surface area contributed by atoms with Crippen molar-refractivity contribution in [1.82, 2.24) is 5.32 Å². The summed E-state index contributed by atoms with van der Waals surface area (Å²) >= 11 is 0. The van der Waals surface area contributed by atoms with Crippen molar-refractivity contribution in [3.8, 4) is 0 Å². The second-order valence-corrected chi connectivity index (χ2v) is 5.40. The van der Waals surface area contributed by atoms with Crippen LogP contribution in [-0.4, -0.2) is 11.7 Å². The van der Waals surface area contributed by atoms with E-state index in [9.17, 15) is 13.9 Å². The summed E-state index contributed by atoms with van der Waals surface area (Å²) in [5, 5.41) is 13.6. The zero-order valence-corrected chi connectivity index (χ0v) is 12.1. The zero-order valence-electron chi connectivity index (χ0n) is 12.1. The van der Waals surface area contributed by atoms with Gasteiger partial charge in [-0.1, -0.05) is 30.3 Å². The van der Waals surface area contributed by atoms with Gasteiger partial charge in [-0.05, 0) is 37.6 Å². The molecule has 0 bridgehead atoms. The fourth-order valence-corrected chi connectivity index (χ4v) is 2.20. The van der Waals surface area contributed by atoms with Crippen LogP contribution in [0.2, 0.25) is 0 Å². The van der Waals surface area contributed by atoms with Gasteiger partial charge in [-0.2, -0.15) is 0 Å². The number of halogens is 2. The second kappa shape index (κ2) is 6.33. The fourth-order valence-electron chi connectivity index (χ4n) is 2.20. The van der Waals surface area contributed by atoms with Crippen LogP contribution in [0.25, 0.3) is 0 Å². The van der Waals surface area contributed by atoms with E-state index in [0.717, 1.165) is 0 Å². The first kappa shape index (κ1) is 15.6. The molecule has 2 rings (SSSR count). The largest absolute Gasteiger partial charge is 0.384 e. The Labute approximate surface area is 123 Å². The molecule has 2 aromatic carbocycles. The maximum atomic E-state index is 13.7. The van der Waals surface area contributed by atoms with Crippen LogP contribution in [0.4, 0.5) is 8.78 Å². The molecule has 0 aromatic heterocycles. The van der Waals surface area contributed by atoms with Gasteiger partial charge in [-0.3, -0.25) is 0 Å². The SMILES string of the molecule is CC(NCC(C)(O)c1ccc(F)cc1)c1ccccc1F. The van der Waals surface area contributed by atoms with E-state index in [1.807, 2.05) is 6.92 Å². The van der Waals surface area contributed by atoms with Gasteiger partial charge in [0.25, 0.3) is 0 Å². The lowest BCUT2D eigenvalue weighted by molar-refractivity contribution is 0.0542. The molecule has 0 aliphatic rings. The number of hydrogen-bond donors (Lipinski definition) is 2. The molecule has 0 heterocycles. The predicted octanol–water partition coefficient (Wildman–Crippen LogP) is 3.52. The smallest absolute Gasteiger partial charge is 0.127 e. The summed E-state index contributed by atoms with van der Waals surface area (Å²) in [5.74, 6) is -0.624. The van der Waals surface area contributed by atoms with E-state index in [-0.39, 0.29) is 24.2 Å². The second-order valence-electron chi connectivity index (χ2n) is 5.40. The summed E-state index contributed by atoms with van der Waals surface area (Å²) in [4.78, 5) is 0. The maximum Gasteiger partial charge on any atom is 0.127 e. The van der Waals surface area contributed by atoms with Gasteiger partial charge in [0.05, 0.1) is 5.60 Å². The number of rotatable bonds is 5. The average molecular weight is 291 g/mol. The normalized spacial score (nSPS) is 15.5. The average Bonchev–Trinajstić information content (AvgIpc) is 2.46. The molecule has 0 saturated carbocycles. The molecule has 0 saturated heterocycles. The molecular formula is C17H19F2NO. The first-order valence-electron chi connectivity index (χ1n) is 6.86. The molecule has 2 atom stereocenters. The summed E-state index contributed by atoms with van der Waals surface area (Å²) in [5.41, 5.74) is -0.00253. The summed E-state index contributed by atoms with van der Waals surface area (Å²) in [7, 11) is 0. The van der Waals surface area contributed by atoms with E-state index >= 15 is 0 Å². The van der Waals surface area contributed by atoms with Crippen molar-refractivity contribution in [3.63, 3.8) is 0 Å². The topological polar surface area (TPSA) is 32.3 Å². The Hall–Kier alpha value is -1.78. The van der Waals surface area contributed by atoms with E-state index in [4.69, 9.17) is 0 Å². The van der Waals surface area contributed by atoms with E-state index in [1.165, 1.54) is 18.2 Å². The van der Waals surface area contributed by atoms with Crippen molar-refractivity contribution in [2.24, 2.45) is 0 Å². The number of nitrogens with one attached hydrogen (secondary N) is 1. The van der Waals surface area contributed by atoms with Gasteiger partial charge in [-0.25, -0.2) is 8.78 Å². The minimum absolute atomic E-state index is 0.230. The van der Waals surface area contributed by atoms with Crippen LogP contribution in [0.3, 0.4) is 0 Å². The van der Waals surface area contributed by atoms with Crippen LogP contribution in [0.5, 0.6) is 0 Å². The molecular weight excluding hydrogens is 272 g/mol. The molecule has 2 unspecified atom stereocenters. The van der Waals surface area contributed by atoms with E-state index in [0.29, 0.717) is 11.1 Å². The summed E-state index contributed by atoms with van der Waals surface area (Å²) in [6, 6.07) is 12.0. The Balaban J connectivity index is 2.04. The van der Waals surface area contributed by atoms with Gasteiger partial charge in [-0.15, -0.1) is 0 Å². The Kier molecular flexibility index (Phi) is 4.70. The first-order chi connectivity index (χ1) is 9.90. The molecule has 21 heavy (non-hydrogen) atoms. The summed E-state index contributed by atoms with van der Waals surface area (Å²) < 4.78 is 26.6. The quantitative estimate of drug-likeness (QED) is 0.883. The maximum absolute atomic E-state index is 13.7. The number of hydrogen-bond acceptors (Lipinski definition) is 2. The van der Waals surface area contributed by atoms with Gasteiger partial charge >= 0.3 is 0 Å². The lowest BCUT2D eigenvalue weighted by Gasteiger charge is -2.27. The van der Waals surface area contributed by atoms with Gasteiger partial charge in [0.2, 0.25) is 0 Å². The van der Waals surface area contributed by atoms with Crippen LogP contribution in [0, 0.1) is 11.6 Å². The van der Waals surface area contributed by atoms with Crippen LogP contribution in [0.15, 0.2) is 48.5 Å². The van der Waals surface area contributed by atoms with Crippen LogP contribution >= 0.6 is 0 Å². The van der Waals surface area contributed by atoms with Gasteiger partial charge in [0, 0.05) is 18.2 Å². The molecule has 2 aromatic rings. The van der Waals surface area contributed by atoms with Gasteiger partial charge in [0.1, 0.15) is 11.6 Å². The molecule has 0 radical (unpaired) electrons. The number of aliphatic hydroxyl groups is 1. The monoisotopic (exact) mass is 291 g/mol. The van der Waals surface area contributed by atoms with Gasteiger partial charge in [0.15, 0.2) is 0 Å². The third-order valence-corrected chi connectivity index (χ3v) is 3.59. The highest BCUT2D eigenvalue weighted by Gasteiger charge is 2.24. The molecule has 0 spiro atoms. The molecule has 0 aliphatic carbocycles. The Morgan fingerprint density at radius 1 is 1.10 bits per heavy atom. The van der Waals surface area contributed by atoms with E-state index in [1.54, 1.807) is 37.3 Å². The molecule has 2 nitrogen and oxygen atoms in total. The zero-order chi connectivity index (χ0) is 15.5. The standard InChI is InChI=1S/C17H19F2NO/c1-12(15-5-3-4-6-16(15)19)20-11-17(2,21)13-7-9-14(18)10-8-13/h3-10,12,20-21H,11H2,1-2H3. The highest BCUT2D eigenvalue weighted by Crippen LogP contribution is 2.22. The van der Waals surface area contributed by atoms with Gasteiger partial charge < -0.3 is 10.4 Å². The molecule has 0 fully saturated rings.